The molecule has 0 unspecified atom stereocenters. The summed E-state index contributed by atoms with van der Waals surface area (Å²) in [4.78, 5) is 20.6. The third kappa shape index (κ3) is 3.49. The van der Waals surface area contributed by atoms with Crippen LogP contribution in [-0.4, -0.2) is 19.7 Å². The summed E-state index contributed by atoms with van der Waals surface area (Å²) in [7, 11) is 0. The summed E-state index contributed by atoms with van der Waals surface area (Å²) >= 11 is 3.04. The number of aromatic nitrogens is 4. The Morgan fingerprint density at radius 2 is 1.97 bits per heavy atom. The number of nitrogens with zero attached hydrogens (tertiary/aromatic N) is 4. The number of hydrogen-bond acceptors (Lipinski definition) is 9. The Labute approximate surface area is 190 Å². The fraction of sp³-hybridized carbons (Fsp3) is 0.273. The number of thioether (sulfide) groups is 1. The van der Waals surface area contributed by atoms with E-state index in [1.165, 1.54) is 22.2 Å². The van der Waals surface area contributed by atoms with Gasteiger partial charge in [-0.25, -0.2) is 4.98 Å². The summed E-state index contributed by atoms with van der Waals surface area (Å²) < 4.78 is 18.2. The number of rotatable bonds is 6. The van der Waals surface area contributed by atoms with Gasteiger partial charge in [0.1, 0.15) is 10.6 Å². The van der Waals surface area contributed by atoms with Crippen molar-refractivity contribution in [2.24, 2.45) is 0 Å². The second-order valence-corrected chi connectivity index (χ2v) is 9.55. The maximum absolute atomic E-state index is 13.6. The van der Waals surface area contributed by atoms with Crippen LogP contribution >= 0.6 is 23.1 Å². The zero-order chi connectivity index (χ0) is 21.5. The van der Waals surface area contributed by atoms with Gasteiger partial charge in [0, 0.05) is 4.88 Å². The Morgan fingerprint density at radius 3 is 2.81 bits per heavy atom. The lowest BCUT2D eigenvalue weighted by atomic mass is 9.97. The van der Waals surface area contributed by atoms with Crippen molar-refractivity contribution in [2.45, 2.75) is 43.1 Å². The predicted octanol–water partition coefficient (Wildman–Crippen LogP) is 4.91. The molecule has 10 heteroatoms. The van der Waals surface area contributed by atoms with Crippen LogP contribution in [0.25, 0.3) is 21.9 Å². The lowest BCUT2D eigenvalue weighted by molar-refractivity contribution is 0.476. The van der Waals surface area contributed by atoms with Gasteiger partial charge in [-0.15, -0.1) is 21.5 Å². The van der Waals surface area contributed by atoms with E-state index in [0.717, 1.165) is 35.9 Å². The van der Waals surface area contributed by atoms with Gasteiger partial charge in [-0.05, 0) is 55.5 Å². The first-order valence-corrected chi connectivity index (χ1v) is 12.1. The Balaban J connectivity index is 1.37. The first-order valence-electron chi connectivity index (χ1n) is 10.3. The van der Waals surface area contributed by atoms with Gasteiger partial charge >= 0.3 is 0 Å². The van der Waals surface area contributed by atoms with Gasteiger partial charge in [-0.3, -0.25) is 9.36 Å². The average molecular weight is 467 g/mol. The molecule has 0 amide bonds. The summed E-state index contributed by atoms with van der Waals surface area (Å²) in [5.74, 6) is 2.37. The zero-order valence-electron chi connectivity index (χ0n) is 16.9. The molecule has 5 aromatic heterocycles. The molecule has 8 nitrogen and oxygen atoms in total. The SMILES string of the molecule is O=c1c2c3c(sc2nc(SCc2nnc(-c4ccco4)o2)n1Cc1ccco1)CCCC3. The Kier molecular flexibility index (Phi) is 4.95. The Hall–Kier alpha value is -3.11. The second-order valence-electron chi connectivity index (χ2n) is 7.52. The monoisotopic (exact) mass is 466 g/mol. The summed E-state index contributed by atoms with van der Waals surface area (Å²) in [6.45, 7) is 0.323. The van der Waals surface area contributed by atoms with Crippen molar-refractivity contribution in [1.29, 1.82) is 0 Å². The van der Waals surface area contributed by atoms with Gasteiger partial charge in [0.25, 0.3) is 11.4 Å². The maximum atomic E-state index is 13.6. The van der Waals surface area contributed by atoms with Crippen LogP contribution in [0.3, 0.4) is 0 Å². The summed E-state index contributed by atoms with van der Waals surface area (Å²) in [6.07, 6.45) is 7.41. The molecule has 32 heavy (non-hydrogen) atoms. The van der Waals surface area contributed by atoms with Gasteiger partial charge in [-0.2, -0.15) is 0 Å². The lowest BCUT2D eigenvalue weighted by Crippen LogP contribution is -2.24. The number of furan rings is 2. The van der Waals surface area contributed by atoms with E-state index >= 15 is 0 Å². The van der Waals surface area contributed by atoms with E-state index in [-0.39, 0.29) is 5.56 Å². The molecule has 5 aromatic rings. The highest BCUT2D eigenvalue weighted by Crippen LogP contribution is 2.35. The van der Waals surface area contributed by atoms with Crippen molar-refractivity contribution in [3.8, 4) is 11.7 Å². The molecule has 0 saturated carbocycles. The fourth-order valence-electron chi connectivity index (χ4n) is 3.97. The highest BCUT2D eigenvalue weighted by Gasteiger charge is 2.23. The van der Waals surface area contributed by atoms with Gasteiger partial charge in [0.15, 0.2) is 10.9 Å². The lowest BCUT2D eigenvalue weighted by Gasteiger charge is -2.12. The standard InChI is InChI=1S/C22H18N4O4S2/c27-21-18-14-6-1-2-8-16(14)32-20(18)23-22(26(21)11-13-5-3-9-28-13)31-12-17-24-25-19(30-17)15-7-4-10-29-15/h3-5,7,9-10H,1-2,6,8,11-12H2. The second kappa shape index (κ2) is 8.10. The van der Waals surface area contributed by atoms with Gasteiger partial charge in [-0.1, -0.05) is 11.8 Å². The largest absolute Gasteiger partial charge is 0.467 e. The van der Waals surface area contributed by atoms with Crippen molar-refractivity contribution in [1.82, 2.24) is 19.7 Å². The number of aryl methyl sites for hydroxylation is 2. The molecule has 0 fully saturated rings. The molecule has 0 aliphatic heterocycles. The first kappa shape index (κ1) is 19.6. The average Bonchev–Trinajstić information content (AvgIpc) is 3.60. The highest BCUT2D eigenvalue weighted by molar-refractivity contribution is 7.98. The van der Waals surface area contributed by atoms with E-state index in [9.17, 15) is 4.79 Å². The molecular weight excluding hydrogens is 448 g/mol. The van der Waals surface area contributed by atoms with Crippen LogP contribution in [0.15, 0.2) is 60.0 Å². The molecule has 162 valence electrons. The van der Waals surface area contributed by atoms with E-state index < -0.39 is 0 Å². The van der Waals surface area contributed by atoms with E-state index in [4.69, 9.17) is 18.2 Å². The molecule has 0 saturated heterocycles. The van der Waals surface area contributed by atoms with E-state index in [1.54, 1.807) is 40.6 Å². The minimum Gasteiger partial charge on any atom is -0.467 e. The smallest absolute Gasteiger partial charge is 0.283 e. The van der Waals surface area contributed by atoms with Crippen LogP contribution in [0.4, 0.5) is 0 Å². The van der Waals surface area contributed by atoms with Crippen LogP contribution in [0, 0.1) is 0 Å². The Morgan fingerprint density at radius 1 is 1.09 bits per heavy atom. The fourth-order valence-corrected chi connectivity index (χ4v) is 6.10. The molecule has 0 atom stereocenters. The number of thiophene rings is 1. The van der Waals surface area contributed by atoms with Gasteiger partial charge < -0.3 is 13.3 Å². The first-order chi connectivity index (χ1) is 15.8. The molecule has 0 aromatic carbocycles. The summed E-state index contributed by atoms with van der Waals surface area (Å²) in [5.41, 5.74) is 1.16. The van der Waals surface area contributed by atoms with Crippen molar-refractivity contribution in [3.63, 3.8) is 0 Å². The number of hydrogen-bond donors (Lipinski definition) is 0. The molecule has 1 aliphatic carbocycles. The van der Waals surface area contributed by atoms with Gasteiger partial charge in [0.2, 0.25) is 5.89 Å². The molecule has 5 heterocycles. The normalized spacial score (nSPS) is 13.6. The van der Waals surface area contributed by atoms with Crippen LogP contribution in [0.2, 0.25) is 0 Å². The number of fused-ring (bicyclic) bond motifs is 3. The third-order valence-electron chi connectivity index (χ3n) is 5.46. The minimum atomic E-state index is -0.0184. The van der Waals surface area contributed by atoms with Crippen LogP contribution in [0.5, 0.6) is 0 Å². The van der Waals surface area contributed by atoms with Crippen molar-refractivity contribution >= 4 is 33.3 Å². The predicted molar refractivity (Wildman–Crippen MR) is 120 cm³/mol. The molecular formula is C22H18N4O4S2. The molecule has 0 spiro atoms. The van der Waals surface area contributed by atoms with Gasteiger partial charge in [0.05, 0.1) is 30.2 Å². The minimum absolute atomic E-state index is 0.0184. The van der Waals surface area contributed by atoms with Crippen molar-refractivity contribution in [2.75, 3.05) is 0 Å². The van der Waals surface area contributed by atoms with Crippen LogP contribution in [0.1, 0.15) is 34.9 Å². The molecule has 0 bridgehead atoms. The van der Waals surface area contributed by atoms with E-state index in [2.05, 4.69) is 10.2 Å². The zero-order valence-corrected chi connectivity index (χ0v) is 18.6. The Bertz CT molecular complexity index is 1430. The summed E-state index contributed by atoms with van der Waals surface area (Å²) in [5, 5.41) is 9.51. The maximum Gasteiger partial charge on any atom is 0.283 e. The van der Waals surface area contributed by atoms with Crippen molar-refractivity contribution in [3.05, 3.63) is 69.2 Å². The topological polar surface area (TPSA) is 100 Å². The molecule has 0 N–H and O–H groups in total. The van der Waals surface area contributed by atoms with Crippen LogP contribution < -0.4 is 5.56 Å². The van der Waals surface area contributed by atoms with E-state index in [0.29, 0.717) is 40.8 Å². The molecule has 6 rings (SSSR count). The van der Waals surface area contributed by atoms with E-state index in [1.807, 2.05) is 12.1 Å². The highest BCUT2D eigenvalue weighted by atomic mass is 32.2. The molecule has 0 radical (unpaired) electrons. The van der Waals surface area contributed by atoms with Crippen LogP contribution in [-0.2, 0) is 25.1 Å². The summed E-state index contributed by atoms with van der Waals surface area (Å²) in [6, 6.07) is 7.21. The third-order valence-corrected chi connectivity index (χ3v) is 7.60. The van der Waals surface area contributed by atoms with Crippen molar-refractivity contribution < 1.29 is 13.3 Å². The quantitative estimate of drug-likeness (QED) is 0.257. The molecule has 1 aliphatic rings.